The summed E-state index contributed by atoms with van der Waals surface area (Å²) in [5.74, 6) is -1.97. The minimum absolute atomic E-state index is 0.0981. The molecule has 0 aliphatic carbocycles. The molecule has 44 heavy (non-hydrogen) atoms. The zero-order valence-electron chi connectivity index (χ0n) is 24.8. The molecule has 0 unspecified atom stereocenters. The normalized spacial score (nSPS) is 16.4. The second-order valence-electron chi connectivity index (χ2n) is 11.3. The predicted octanol–water partition coefficient (Wildman–Crippen LogP) is 6.03. The summed E-state index contributed by atoms with van der Waals surface area (Å²) < 4.78 is 75.6. The number of nitrogens with zero attached hydrogens (tertiary/aromatic N) is 2. The van der Waals surface area contributed by atoms with Crippen molar-refractivity contribution in [1.82, 2.24) is 10.2 Å². The molecule has 16 heteroatoms. The number of hydrogen-bond donors (Lipinski definition) is 2. The van der Waals surface area contributed by atoms with Crippen LogP contribution in [0.15, 0.2) is 29.2 Å². The van der Waals surface area contributed by atoms with E-state index >= 15 is 0 Å². The number of nitrogens with one attached hydrogen (secondary N) is 1. The van der Waals surface area contributed by atoms with Gasteiger partial charge in [-0.15, -0.1) is 13.2 Å². The molecular formula is C28H35Cl2F3N4O6S. The Morgan fingerprint density at radius 1 is 1.18 bits per heavy atom. The third kappa shape index (κ3) is 9.05. The van der Waals surface area contributed by atoms with Gasteiger partial charge in [0.25, 0.3) is 5.91 Å². The Labute approximate surface area is 264 Å². The first-order valence-electron chi connectivity index (χ1n) is 13.6. The standard InChI is InChI=1S/C28H35Cl2F3N4O6S/c1-6-44(40,41)22-10-9-16(29)12-20(22)36(5)25(38)18-13-21(42-28(31,32)33)19(23(30)24(18)34)15-37-11-7-8-17(14-37)35-26(39)43-27(2,3)4/h9-10,12-13,17H,6-8,11,14-15,34H2,1-5H3,(H,35,39)/t17-/m0/s1. The summed E-state index contributed by atoms with van der Waals surface area (Å²) >= 11 is 12.6. The van der Waals surface area contributed by atoms with Gasteiger partial charge in [0.05, 0.1) is 32.6 Å². The lowest BCUT2D eigenvalue weighted by Gasteiger charge is -2.34. The molecule has 2 amide bonds. The van der Waals surface area contributed by atoms with E-state index in [0.29, 0.717) is 19.4 Å². The van der Waals surface area contributed by atoms with Crippen LogP contribution < -0.4 is 20.7 Å². The summed E-state index contributed by atoms with van der Waals surface area (Å²) in [5, 5.41) is 2.56. The smallest absolute Gasteiger partial charge is 0.444 e. The number of halogens is 5. The molecule has 0 bridgehead atoms. The fraction of sp³-hybridized carbons (Fsp3) is 0.500. The van der Waals surface area contributed by atoms with Crippen LogP contribution in [-0.4, -0.2) is 69.2 Å². The number of piperidine rings is 1. The number of anilines is 2. The van der Waals surface area contributed by atoms with Gasteiger partial charge in [-0.25, -0.2) is 13.2 Å². The van der Waals surface area contributed by atoms with Gasteiger partial charge in [-0.05, 0) is 64.4 Å². The molecule has 1 heterocycles. The number of benzene rings is 2. The molecule has 3 N–H and O–H groups in total. The average Bonchev–Trinajstić information content (AvgIpc) is 2.90. The van der Waals surface area contributed by atoms with E-state index in [1.807, 2.05) is 0 Å². The first kappa shape index (κ1) is 35.5. The van der Waals surface area contributed by atoms with Gasteiger partial charge in [0.1, 0.15) is 11.4 Å². The molecule has 2 aromatic rings. The third-order valence-electron chi connectivity index (χ3n) is 6.73. The van der Waals surface area contributed by atoms with Crippen molar-refractivity contribution in [2.45, 2.75) is 70.0 Å². The summed E-state index contributed by atoms with van der Waals surface area (Å²) in [4.78, 5) is 28.4. The van der Waals surface area contributed by atoms with Gasteiger partial charge in [0.15, 0.2) is 9.84 Å². The van der Waals surface area contributed by atoms with Gasteiger partial charge in [0.2, 0.25) is 0 Å². The maximum absolute atomic E-state index is 13.6. The monoisotopic (exact) mass is 682 g/mol. The Bertz CT molecular complexity index is 1520. The Balaban J connectivity index is 1.98. The summed E-state index contributed by atoms with van der Waals surface area (Å²) in [6.45, 7) is 7.20. The molecule has 0 aromatic heterocycles. The molecule has 2 aromatic carbocycles. The third-order valence-corrected chi connectivity index (χ3v) is 9.17. The molecular weight excluding hydrogens is 648 g/mol. The summed E-state index contributed by atoms with van der Waals surface area (Å²) in [6.07, 6.45) is -4.52. The molecule has 1 saturated heterocycles. The van der Waals surface area contributed by atoms with Crippen molar-refractivity contribution in [3.8, 4) is 5.75 Å². The second kappa shape index (κ2) is 13.6. The first-order valence-corrected chi connectivity index (χ1v) is 16.0. The van der Waals surface area contributed by atoms with Crippen molar-refractivity contribution in [3.63, 3.8) is 0 Å². The Morgan fingerprint density at radius 2 is 1.84 bits per heavy atom. The summed E-state index contributed by atoms with van der Waals surface area (Å²) in [7, 11) is -2.59. The van der Waals surface area contributed by atoms with Crippen LogP contribution in [-0.2, 0) is 21.1 Å². The Morgan fingerprint density at radius 3 is 2.43 bits per heavy atom. The van der Waals surface area contributed by atoms with Gasteiger partial charge in [0, 0.05) is 36.8 Å². The first-order chi connectivity index (χ1) is 20.2. The van der Waals surface area contributed by atoms with Crippen LogP contribution in [0.3, 0.4) is 0 Å². The number of ether oxygens (including phenoxy) is 2. The Kier molecular flexibility index (Phi) is 11.0. The fourth-order valence-corrected chi connectivity index (χ4v) is 6.22. The van der Waals surface area contributed by atoms with Crippen LogP contribution >= 0.6 is 23.2 Å². The van der Waals surface area contributed by atoms with Crippen molar-refractivity contribution in [3.05, 3.63) is 45.4 Å². The fourth-order valence-electron chi connectivity index (χ4n) is 4.70. The van der Waals surface area contributed by atoms with E-state index in [-0.39, 0.29) is 56.8 Å². The number of carbonyl (C=O) groups is 2. The minimum atomic E-state index is -5.14. The number of sulfone groups is 1. The molecule has 3 rings (SSSR count). The van der Waals surface area contributed by atoms with E-state index in [4.69, 9.17) is 33.7 Å². The van der Waals surface area contributed by atoms with E-state index in [1.165, 1.54) is 32.2 Å². The highest BCUT2D eigenvalue weighted by Crippen LogP contribution is 2.40. The minimum Gasteiger partial charge on any atom is -0.444 e. The van der Waals surface area contributed by atoms with E-state index in [0.717, 1.165) is 11.0 Å². The number of amides is 2. The van der Waals surface area contributed by atoms with Crippen LogP contribution in [0.4, 0.5) is 29.3 Å². The van der Waals surface area contributed by atoms with Crippen LogP contribution in [0.2, 0.25) is 10.0 Å². The van der Waals surface area contributed by atoms with Gasteiger partial charge in [-0.1, -0.05) is 30.1 Å². The van der Waals surface area contributed by atoms with Crippen LogP contribution in [0.1, 0.15) is 56.5 Å². The average molecular weight is 684 g/mol. The largest absolute Gasteiger partial charge is 0.573 e. The van der Waals surface area contributed by atoms with Crippen LogP contribution in [0.25, 0.3) is 0 Å². The molecule has 244 valence electrons. The number of hydrogen-bond acceptors (Lipinski definition) is 8. The van der Waals surface area contributed by atoms with E-state index in [2.05, 4.69) is 10.1 Å². The lowest BCUT2D eigenvalue weighted by atomic mass is 10.0. The SMILES string of the molecule is CCS(=O)(=O)c1ccc(Cl)cc1N(C)C(=O)c1cc(OC(F)(F)F)c(CN2CCC[C@H](NC(=O)OC(C)(C)C)C2)c(Cl)c1N. The number of carbonyl (C=O) groups excluding carboxylic acids is 2. The van der Waals surface area contributed by atoms with Crippen LogP contribution in [0, 0.1) is 0 Å². The van der Waals surface area contributed by atoms with Crippen molar-refractivity contribution in [1.29, 1.82) is 0 Å². The number of likely N-dealkylation sites (tertiary alicyclic amines) is 1. The lowest BCUT2D eigenvalue weighted by Crippen LogP contribution is -2.48. The van der Waals surface area contributed by atoms with Crippen molar-refractivity contribution in [2.24, 2.45) is 0 Å². The maximum Gasteiger partial charge on any atom is 0.573 e. The number of alkyl carbamates (subject to hydrolysis) is 1. The summed E-state index contributed by atoms with van der Waals surface area (Å²) in [5.41, 5.74) is 4.53. The highest BCUT2D eigenvalue weighted by atomic mass is 35.5. The van der Waals surface area contributed by atoms with E-state index in [9.17, 15) is 31.2 Å². The lowest BCUT2D eigenvalue weighted by molar-refractivity contribution is -0.275. The molecule has 1 fully saturated rings. The second-order valence-corrected chi connectivity index (χ2v) is 14.3. The molecule has 1 atom stereocenters. The van der Waals surface area contributed by atoms with Gasteiger partial charge >= 0.3 is 12.5 Å². The van der Waals surface area contributed by atoms with Gasteiger partial charge < -0.3 is 25.4 Å². The van der Waals surface area contributed by atoms with Crippen molar-refractivity contribution in [2.75, 3.05) is 36.5 Å². The van der Waals surface area contributed by atoms with Crippen molar-refractivity contribution >= 4 is 56.4 Å². The number of nitrogens with two attached hydrogens (primary N) is 1. The quantitative estimate of drug-likeness (QED) is 0.323. The van der Waals surface area contributed by atoms with E-state index < -0.39 is 45.1 Å². The molecule has 0 radical (unpaired) electrons. The molecule has 0 saturated carbocycles. The number of nitrogen functional groups attached to an aromatic ring is 1. The topological polar surface area (TPSA) is 131 Å². The number of rotatable bonds is 8. The zero-order chi connectivity index (χ0) is 33.2. The Hall–Kier alpha value is -2.94. The van der Waals surface area contributed by atoms with Crippen LogP contribution in [0.5, 0.6) is 5.75 Å². The highest BCUT2D eigenvalue weighted by molar-refractivity contribution is 7.91. The molecule has 0 spiro atoms. The summed E-state index contributed by atoms with van der Waals surface area (Å²) in [6, 6.07) is 4.32. The predicted molar refractivity (Wildman–Crippen MR) is 162 cm³/mol. The molecule has 1 aliphatic rings. The van der Waals surface area contributed by atoms with E-state index in [1.54, 1.807) is 25.7 Å². The van der Waals surface area contributed by atoms with Gasteiger partial charge in [-0.2, -0.15) is 0 Å². The maximum atomic E-state index is 13.6. The van der Waals surface area contributed by atoms with Gasteiger partial charge in [-0.3, -0.25) is 9.69 Å². The highest BCUT2D eigenvalue weighted by Gasteiger charge is 2.35. The number of alkyl halides is 3. The molecule has 1 aliphatic heterocycles. The van der Waals surface area contributed by atoms with Crippen molar-refractivity contribution < 1.29 is 40.7 Å². The zero-order valence-corrected chi connectivity index (χ0v) is 27.2. The molecule has 10 nitrogen and oxygen atoms in total.